The van der Waals surface area contributed by atoms with Gasteiger partial charge in [0.15, 0.2) is 0 Å². The first-order valence-corrected chi connectivity index (χ1v) is 7.90. The van der Waals surface area contributed by atoms with Gasteiger partial charge in [0.05, 0.1) is 5.56 Å². The third kappa shape index (κ3) is 4.37. The van der Waals surface area contributed by atoms with Crippen LogP contribution >= 0.6 is 0 Å². The molecule has 1 atom stereocenters. The highest BCUT2D eigenvalue weighted by Crippen LogP contribution is 2.31. The maximum Gasteiger partial charge on any atom is 0.416 e. The lowest BCUT2D eigenvalue weighted by Crippen LogP contribution is -2.32. The van der Waals surface area contributed by atoms with Gasteiger partial charge in [-0.3, -0.25) is 4.79 Å². The number of hydrogen-bond acceptors (Lipinski definition) is 1. The van der Waals surface area contributed by atoms with Crippen LogP contribution in [0.2, 0.25) is 0 Å². The normalized spacial score (nSPS) is 12.7. The number of amides is 1. The van der Waals surface area contributed by atoms with Gasteiger partial charge in [-0.15, -0.1) is 0 Å². The Morgan fingerprint density at radius 2 is 1.71 bits per heavy atom. The number of hydrogen-bond donors (Lipinski definition) is 1. The predicted molar refractivity (Wildman–Crippen MR) is 88.7 cm³/mol. The maximum absolute atomic E-state index is 12.7. The lowest BCUT2D eigenvalue weighted by atomic mass is 9.98. The first kappa shape index (κ1) is 18.0. The zero-order valence-electron chi connectivity index (χ0n) is 13.7. The molecule has 128 valence electrons. The summed E-state index contributed by atoms with van der Waals surface area (Å²) in [6, 6.07) is 11.8. The molecule has 0 aromatic heterocycles. The molecule has 0 bridgehead atoms. The van der Waals surface area contributed by atoms with Crippen molar-refractivity contribution in [3.63, 3.8) is 0 Å². The molecule has 1 N–H and O–H groups in total. The van der Waals surface area contributed by atoms with Crippen molar-refractivity contribution < 1.29 is 18.0 Å². The van der Waals surface area contributed by atoms with E-state index in [4.69, 9.17) is 0 Å². The predicted octanol–water partition coefficient (Wildman–Crippen LogP) is 5.29. The van der Waals surface area contributed by atoms with Crippen LogP contribution < -0.4 is 5.32 Å². The Morgan fingerprint density at radius 1 is 1.08 bits per heavy atom. The molecule has 0 fully saturated rings. The first-order chi connectivity index (χ1) is 11.3. The second kappa shape index (κ2) is 7.51. The van der Waals surface area contributed by atoms with Gasteiger partial charge >= 0.3 is 6.18 Å². The second-order valence-electron chi connectivity index (χ2n) is 5.78. The number of rotatable bonds is 5. The molecule has 2 nitrogen and oxygen atoms in total. The molecule has 0 saturated carbocycles. The third-order valence-electron chi connectivity index (χ3n) is 3.79. The third-order valence-corrected chi connectivity index (χ3v) is 3.79. The molecule has 1 amide bonds. The summed E-state index contributed by atoms with van der Waals surface area (Å²) in [4.78, 5) is 12.5. The van der Waals surface area contributed by atoms with E-state index in [1.807, 2.05) is 13.8 Å². The van der Waals surface area contributed by atoms with Crippen molar-refractivity contribution in [2.45, 2.75) is 38.9 Å². The Balaban J connectivity index is 2.30. The Bertz CT molecular complexity index is 693. The van der Waals surface area contributed by atoms with Gasteiger partial charge in [-0.1, -0.05) is 43.7 Å². The SMILES string of the molecule is CCC[C@@H](C)NC(=O)c1ccccc1-c1ccc(C(F)(F)F)cc1. The summed E-state index contributed by atoms with van der Waals surface area (Å²) >= 11 is 0. The van der Waals surface area contributed by atoms with Crippen molar-refractivity contribution in [3.05, 3.63) is 59.7 Å². The number of nitrogens with one attached hydrogen (secondary N) is 1. The number of alkyl halides is 3. The number of carbonyl (C=O) groups excluding carboxylic acids is 1. The molecule has 0 heterocycles. The Kier molecular flexibility index (Phi) is 5.65. The molecule has 2 aromatic carbocycles. The van der Waals surface area contributed by atoms with Gasteiger partial charge in [-0.25, -0.2) is 0 Å². The molecular formula is C19H20F3NO. The van der Waals surface area contributed by atoms with Crippen LogP contribution in [0, 0.1) is 0 Å². The molecule has 24 heavy (non-hydrogen) atoms. The molecule has 0 unspecified atom stereocenters. The lowest BCUT2D eigenvalue weighted by molar-refractivity contribution is -0.137. The summed E-state index contributed by atoms with van der Waals surface area (Å²) in [6.45, 7) is 3.97. The van der Waals surface area contributed by atoms with Crippen LogP contribution in [-0.4, -0.2) is 11.9 Å². The molecule has 0 radical (unpaired) electrons. The number of halogens is 3. The molecular weight excluding hydrogens is 315 g/mol. The summed E-state index contributed by atoms with van der Waals surface area (Å²) in [5.41, 5.74) is 0.953. The Morgan fingerprint density at radius 3 is 2.29 bits per heavy atom. The molecule has 5 heteroatoms. The Labute approximate surface area is 139 Å². The smallest absolute Gasteiger partial charge is 0.350 e. The molecule has 2 rings (SSSR count). The quantitative estimate of drug-likeness (QED) is 0.790. The minimum absolute atomic E-state index is 0.0446. The van der Waals surface area contributed by atoms with Crippen LogP contribution in [-0.2, 0) is 6.18 Å². The summed E-state index contributed by atoms with van der Waals surface area (Å²) in [7, 11) is 0. The van der Waals surface area contributed by atoms with E-state index in [9.17, 15) is 18.0 Å². The molecule has 2 aromatic rings. The fourth-order valence-corrected chi connectivity index (χ4v) is 2.58. The van der Waals surface area contributed by atoms with Gasteiger partial charge in [-0.2, -0.15) is 13.2 Å². The van der Waals surface area contributed by atoms with Crippen molar-refractivity contribution in [1.29, 1.82) is 0 Å². The van der Waals surface area contributed by atoms with Gasteiger partial charge in [0.25, 0.3) is 5.91 Å². The van der Waals surface area contributed by atoms with Crippen LogP contribution in [0.5, 0.6) is 0 Å². The molecule has 0 spiro atoms. The minimum atomic E-state index is -4.37. The standard InChI is InChI=1S/C19H20F3NO/c1-3-6-13(2)23-18(24)17-8-5-4-7-16(17)14-9-11-15(12-10-14)19(20,21)22/h4-5,7-13H,3,6H2,1-2H3,(H,23,24)/t13-/m1/s1. The Hall–Kier alpha value is -2.30. The average molecular weight is 335 g/mol. The van der Waals surface area contributed by atoms with Gasteiger partial charge in [0, 0.05) is 11.6 Å². The van der Waals surface area contributed by atoms with E-state index in [0.29, 0.717) is 16.7 Å². The van der Waals surface area contributed by atoms with E-state index < -0.39 is 11.7 Å². The van der Waals surface area contributed by atoms with Crippen molar-refractivity contribution in [2.75, 3.05) is 0 Å². The molecule has 0 aliphatic heterocycles. The summed E-state index contributed by atoms with van der Waals surface area (Å²) in [5, 5.41) is 2.92. The number of benzene rings is 2. The highest BCUT2D eigenvalue weighted by atomic mass is 19.4. The van der Waals surface area contributed by atoms with Gasteiger partial charge in [0.1, 0.15) is 0 Å². The van der Waals surface area contributed by atoms with E-state index in [2.05, 4.69) is 5.32 Å². The zero-order chi connectivity index (χ0) is 17.7. The second-order valence-corrected chi connectivity index (χ2v) is 5.78. The number of carbonyl (C=O) groups is 1. The molecule has 0 aliphatic rings. The lowest BCUT2D eigenvalue weighted by Gasteiger charge is -2.15. The summed E-state index contributed by atoms with van der Waals surface area (Å²) < 4.78 is 38.0. The highest BCUT2D eigenvalue weighted by molar-refractivity contribution is 6.01. The fraction of sp³-hybridized carbons (Fsp3) is 0.316. The maximum atomic E-state index is 12.7. The average Bonchev–Trinajstić information content (AvgIpc) is 2.54. The summed E-state index contributed by atoms with van der Waals surface area (Å²) in [6.07, 6.45) is -2.54. The van der Waals surface area contributed by atoms with E-state index >= 15 is 0 Å². The van der Waals surface area contributed by atoms with E-state index in [-0.39, 0.29) is 11.9 Å². The van der Waals surface area contributed by atoms with Crippen LogP contribution in [0.15, 0.2) is 48.5 Å². The van der Waals surface area contributed by atoms with Crippen molar-refractivity contribution in [1.82, 2.24) is 5.32 Å². The van der Waals surface area contributed by atoms with Gasteiger partial charge in [0.2, 0.25) is 0 Å². The highest BCUT2D eigenvalue weighted by Gasteiger charge is 2.30. The van der Waals surface area contributed by atoms with Crippen molar-refractivity contribution in [3.8, 4) is 11.1 Å². The van der Waals surface area contributed by atoms with Crippen LogP contribution in [0.25, 0.3) is 11.1 Å². The van der Waals surface area contributed by atoms with Crippen molar-refractivity contribution >= 4 is 5.91 Å². The van der Waals surface area contributed by atoms with Gasteiger partial charge < -0.3 is 5.32 Å². The van der Waals surface area contributed by atoms with E-state index in [1.165, 1.54) is 12.1 Å². The van der Waals surface area contributed by atoms with Crippen molar-refractivity contribution in [2.24, 2.45) is 0 Å². The summed E-state index contributed by atoms with van der Waals surface area (Å²) in [5.74, 6) is -0.216. The largest absolute Gasteiger partial charge is 0.416 e. The van der Waals surface area contributed by atoms with E-state index in [0.717, 1.165) is 25.0 Å². The van der Waals surface area contributed by atoms with Crippen LogP contribution in [0.3, 0.4) is 0 Å². The topological polar surface area (TPSA) is 29.1 Å². The van der Waals surface area contributed by atoms with Crippen LogP contribution in [0.1, 0.15) is 42.6 Å². The van der Waals surface area contributed by atoms with Crippen LogP contribution in [0.4, 0.5) is 13.2 Å². The molecule has 0 aliphatic carbocycles. The molecule has 0 saturated heterocycles. The fourth-order valence-electron chi connectivity index (χ4n) is 2.58. The monoisotopic (exact) mass is 335 g/mol. The first-order valence-electron chi connectivity index (χ1n) is 7.90. The van der Waals surface area contributed by atoms with E-state index in [1.54, 1.807) is 24.3 Å². The zero-order valence-corrected chi connectivity index (χ0v) is 13.7. The minimum Gasteiger partial charge on any atom is -0.350 e. The van der Waals surface area contributed by atoms with Gasteiger partial charge in [-0.05, 0) is 42.7 Å².